The molecule has 1 aromatic carbocycles. The van der Waals surface area contributed by atoms with Gasteiger partial charge in [0.05, 0.1) is 11.0 Å². The van der Waals surface area contributed by atoms with Crippen LogP contribution in [0.2, 0.25) is 0 Å². The highest BCUT2D eigenvalue weighted by Crippen LogP contribution is 2.27. The molecule has 1 heterocycles. The summed E-state index contributed by atoms with van der Waals surface area (Å²) in [6.07, 6.45) is 4.40. The molecule has 0 aliphatic heterocycles. The van der Waals surface area contributed by atoms with Crippen LogP contribution >= 0.6 is 12.2 Å². The van der Waals surface area contributed by atoms with Crippen LogP contribution in [-0.4, -0.2) is 20.6 Å². The van der Waals surface area contributed by atoms with Crippen molar-refractivity contribution >= 4 is 34.1 Å². The van der Waals surface area contributed by atoms with Crippen molar-refractivity contribution in [2.45, 2.75) is 46.6 Å². The molecular formula is C17H24N4S. The van der Waals surface area contributed by atoms with E-state index in [9.17, 15) is 0 Å². The fourth-order valence-electron chi connectivity index (χ4n) is 2.88. The molecule has 0 aliphatic carbocycles. The zero-order valence-electron chi connectivity index (χ0n) is 13.9. The lowest BCUT2D eigenvalue weighted by atomic mass is 9.82. The van der Waals surface area contributed by atoms with Gasteiger partial charge in [-0.15, -0.1) is 0 Å². The van der Waals surface area contributed by atoms with Gasteiger partial charge in [0.15, 0.2) is 5.11 Å². The largest absolute Gasteiger partial charge is 0.358 e. The molecule has 0 amide bonds. The van der Waals surface area contributed by atoms with Crippen LogP contribution in [0, 0.1) is 5.41 Å². The van der Waals surface area contributed by atoms with Gasteiger partial charge in [0.1, 0.15) is 0 Å². The van der Waals surface area contributed by atoms with Crippen molar-refractivity contribution in [2.24, 2.45) is 5.41 Å². The maximum atomic E-state index is 5.44. The first-order chi connectivity index (χ1) is 10.1. The fraction of sp³-hybridized carbons (Fsp3) is 0.471. The molecule has 0 saturated heterocycles. The van der Waals surface area contributed by atoms with Crippen LogP contribution in [0.15, 0.2) is 30.6 Å². The summed E-state index contributed by atoms with van der Waals surface area (Å²) in [7, 11) is 0. The van der Waals surface area contributed by atoms with Gasteiger partial charge in [0.2, 0.25) is 0 Å². The fourth-order valence-corrected chi connectivity index (χ4v) is 3.27. The molecule has 0 saturated carbocycles. The molecule has 0 unspecified atom stereocenters. The number of nitrogens with one attached hydrogen (secondary N) is 2. The van der Waals surface area contributed by atoms with Crippen molar-refractivity contribution in [1.29, 1.82) is 0 Å². The van der Waals surface area contributed by atoms with Crippen LogP contribution in [-0.2, 0) is 0 Å². The highest BCUT2D eigenvalue weighted by molar-refractivity contribution is 7.80. The van der Waals surface area contributed by atoms with Crippen molar-refractivity contribution < 1.29 is 0 Å². The molecule has 2 rings (SSSR count). The van der Waals surface area contributed by atoms with E-state index < -0.39 is 0 Å². The number of thiocarbonyl (C=S) groups is 1. The van der Waals surface area contributed by atoms with E-state index in [1.54, 1.807) is 12.4 Å². The SMILES string of the molecule is CC(C)(C)CC(C)(C)NC(=S)Nc1ccc2nccnc2c1. The van der Waals surface area contributed by atoms with Gasteiger partial charge in [0.25, 0.3) is 0 Å². The van der Waals surface area contributed by atoms with E-state index in [1.807, 2.05) is 18.2 Å². The van der Waals surface area contributed by atoms with Crippen molar-refractivity contribution in [3.8, 4) is 0 Å². The average Bonchev–Trinajstić information content (AvgIpc) is 2.34. The van der Waals surface area contributed by atoms with Gasteiger partial charge in [-0.3, -0.25) is 9.97 Å². The summed E-state index contributed by atoms with van der Waals surface area (Å²) in [6.45, 7) is 11.0. The van der Waals surface area contributed by atoms with E-state index in [0.29, 0.717) is 5.11 Å². The van der Waals surface area contributed by atoms with E-state index in [-0.39, 0.29) is 11.0 Å². The number of hydrogen-bond donors (Lipinski definition) is 2. The predicted molar refractivity (Wildman–Crippen MR) is 97.0 cm³/mol. The second-order valence-electron chi connectivity index (χ2n) is 7.46. The smallest absolute Gasteiger partial charge is 0.171 e. The van der Waals surface area contributed by atoms with Crippen molar-refractivity contribution in [3.05, 3.63) is 30.6 Å². The number of aromatic nitrogens is 2. The molecule has 0 atom stereocenters. The number of rotatable bonds is 3. The summed E-state index contributed by atoms with van der Waals surface area (Å²) in [5.41, 5.74) is 2.81. The molecule has 0 radical (unpaired) electrons. The number of nitrogens with zero attached hydrogens (tertiary/aromatic N) is 2. The van der Waals surface area contributed by atoms with Crippen molar-refractivity contribution in [1.82, 2.24) is 15.3 Å². The van der Waals surface area contributed by atoms with Crippen LogP contribution in [0.5, 0.6) is 0 Å². The zero-order chi connectivity index (χ0) is 16.4. The summed E-state index contributed by atoms with van der Waals surface area (Å²) < 4.78 is 0. The normalized spacial score (nSPS) is 12.2. The Morgan fingerprint density at radius 3 is 2.32 bits per heavy atom. The molecular weight excluding hydrogens is 292 g/mol. The quantitative estimate of drug-likeness (QED) is 0.834. The Balaban J connectivity index is 2.04. The number of benzene rings is 1. The molecule has 2 aromatic rings. The topological polar surface area (TPSA) is 49.8 Å². The first-order valence-electron chi connectivity index (χ1n) is 7.45. The lowest BCUT2D eigenvalue weighted by Crippen LogP contribution is -2.47. The van der Waals surface area contributed by atoms with Crippen molar-refractivity contribution in [3.63, 3.8) is 0 Å². The summed E-state index contributed by atoms with van der Waals surface area (Å²) in [5, 5.41) is 7.24. The second kappa shape index (κ2) is 6.16. The molecule has 2 N–H and O–H groups in total. The van der Waals surface area contributed by atoms with Gasteiger partial charge in [-0.25, -0.2) is 0 Å². The van der Waals surface area contributed by atoms with Crippen LogP contribution < -0.4 is 10.6 Å². The van der Waals surface area contributed by atoms with Crippen molar-refractivity contribution in [2.75, 3.05) is 5.32 Å². The third-order valence-electron chi connectivity index (χ3n) is 3.15. The first kappa shape index (κ1) is 16.6. The number of anilines is 1. The Bertz CT molecular complexity index is 674. The summed E-state index contributed by atoms with van der Waals surface area (Å²) in [6, 6.07) is 5.85. The Morgan fingerprint density at radius 1 is 1.05 bits per heavy atom. The van der Waals surface area contributed by atoms with Gasteiger partial charge in [-0.05, 0) is 56.1 Å². The molecule has 0 spiro atoms. The van der Waals surface area contributed by atoms with E-state index in [4.69, 9.17) is 12.2 Å². The number of hydrogen-bond acceptors (Lipinski definition) is 3. The molecule has 118 valence electrons. The van der Waals surface area contributed by atoms with E-state index in [2.05, 4.69) is 55.2 Å². The maximum Gasteiger partial charge on any atom is 0.171 e. The van der Waals surface area contributed by atoms with Crippen LogP contribution in [0.4, 0.5) is 5.69 Å². The minimum absolute atomic E-state index is 0.0704. The molecule has 0 fully saturated rings. The summed E-state index contributed by atoms with van der Waals surface area (Å²) >= 11 is 5.44. The zero-order valence-corrected chi connectivity index (χ0v) is 14.7. The molecule has 4 nitrogen and oxygen atoms in total. The predicted octanol–water partition coefficient (Wildman–Crippen LogP) is 4.13. The lowest BCUT2D eigenvalue weighted by molar-refractivity contribution is 0.268. The molecule has 0 bridgehead atoms. The highest BCUT2D eigenvalue weighted by Gasteiger charge is 2.25. The van der Waals surface area contributed by atoms with Gasteiger partial charge >= 0.3 is 0 Å². The van der Waals surface area contributed by atoms with E-state index in [0.717, 1.165) is 23.1 Å². The van der Waals surface area contributed by atoms with Crippen LogP contribution in [0.1, 0.15) is 41.0 Å². The average molecular weight is 316 g/mol. The Kier molecular flexibility index (Phi) is 4.66. The third-order valence-corrected chi connectivity index (χ3v) is 3.36. The summed E-state index contributed by atoms with van der Waals surface area (Å²) in [4.78, 5) is 8.57. The van der Waals surface area contributed by atoms with Gasteiger partial charge < -0.3 is 10.6 Å². The summed E-state index contributed by atoms with van der Waals surface area (Å²) in [5.74, 6) is 0. The molecule has 5 heteroatoms. The van der Waals surface area contributed by atoms with Crippen LogP contribution in [0.25, 0.3) is 11.0 Å². The number of fused-ring (bicyclic) bond motifs is 1. The van der Waals surface area contributed by atoms with Gasteiger partial charge in [-0.2, -0.15) is 0 Å². The maximum absolute atomic E-state index is 5.44. The standard InChI is InChI=1S/C17H24N4S/c1-16(2,3)11-17(4,5)21-15(22)20-12-6-7-13-14(10-12)19-9-8-18-13/h6-10H,11H2,1-5H3,(H2,20,21,22). The Morgan fingerprint density at radius 2 is 1.68 bits per heavy atom. The van der Waals surface area contributed by atoms with Crippen LogP contribution in [0.3, 0.4) is 0 Å². The molecule has 0 aliphatic rings. The first-order valence-corrected chi connectivity index (χ1v) is 7.85. The minimum atomic E-state index is -0.0704. The highest BCUT2D eigenvalue weighted by atomic mass is 32.1. The monoisotopic (exact) mass is 316 g/mol. The molecule has 1 aromatic heterocycles. The molecule has 22 heavy (non-hydrogen) atoms. The van der Waals surface area contributed by atoms with E-state index in [1.165, 1.54) is 0 Å². The third kappa shape index (κ3) is 4.91. The Hall–Kier alpha value is -1.75. The second-order valence-corrected chi connectivity index (χ2v) is 7.87. The minimum Gasteiger partial charge on any atom is -0.358 e. The van der Waals surface area contributed by atoms with Gasteiger partial charge in [-0.1, -0.05) is 20.8 Å². The lowest BCUT2D eigenvalue weighted by Gasteiger charge is -2.34. The van der Waals surface area contributed by atoms with E-state index >= 15 is 0 Å². The Labute approximate surface area is 137 Å². The van der Waals surface area contributed by atoms with Gasteiger partial charge in [0, 0.05) is 23.6 Å².